The lowest BCUT2D eigenvalue weighted by atomic mass is 9.96. The molecule has 0 saturated carbocycles. The third kappa shape index (κ3) is 3.26. The third-order valence-electron chi connectivity index (χ3n) is 5.48. The van der Waals surface area contributed by atoms with E-state index in [1.807, 2.05) is 60.8 Å². The summed E-state index contributed by atoms with van der Waals surface area (Å²) in [5, 5.41) is 4.41. The number of nitrogens with zero attached hydrogens (tertiary/aromatic N) is 3. The maximum Gasteiger partial charge on any atom is 0.251 e. The molecule has 2 N–H and O–H groups in total. The van der Waals surface area contributed by atoms with Crippen LogP contribution in [0.15, 0.2) is 72.0 Å². The van der Waals surface area contributed by atoms with Crippen LogP contribution in [-0.2, 0) is 0 Å². The van der Waals surface area contributed by atoms with Crippen LogP contribution in [0.1, 0.15) is 41.3 Å². The SMILES string of the molecule is CCCCOc1cccc(C2=Nc3ccccc3-c3c(C(N)=O)cnn4ccc2c34)c1. The molecule has 6 nitrogen and oxygen atoms in total. The van der Waals surface area contributed by atoms with E-state index in [4.69, 9.17) is 15.5 Å². The number of hydrogen-bond donors (Lipinski definition) is 1. The maximum absolute atomic E-state index is 12.2. The molecular formula is C25H22N4O2. The number of fused-ring (bicyclic) bond motifs is 2. The zero-order valence-electron chi connectivity index (χ0n) is 17.2. The highest BCUT2D eigenvalue weighted by Gasteiger charge is 2.25. The van der Waals surface area contributed by atoms with Crippen molar-refractivity contribution in [1.29, 1.82) is 0 Å². The highest BCUT2D eigenvalue weighted by Crippen LogP contribution is 2.40. The van der Waals surface area contributed by atoms with Crippen LogP contribution in [-0.4, -0.2) is 27.8 Å². The second kappa shape index (κ2) is 7.72. The normalized spacial score (nSPS) is 12.2. The molecule has 154 valence electrons. The molecular weight excluding hydrogens is 388 g/mol. The molecule has 1 aliphatic heterocycles. The van der Waals surface area contributed by atoms with Gasteiger partial charge in [-0.25, -0.2) is 9.51 Å². The Balaban J connectivity index is 1.75. The molecule has 0 atom stereocenters. The minimum Gasteiger partial charge on any atom is -0.494 e. The molecule has 5 rings (SSSR count). The highest BCUT2D eigenvalue weighted by atomic mass is 16.5. The second-order valence-corrected chi connectivity index (χ2v) is 7.53. The van der Waals surface area contributed by atoms with Gasteiger partial charge in [0.25, 0.3) is 5.91 Å². The first kappa shape index (κ1) is 19.1. The van der Waals surface area contributed by atoms with E-state index < -0.39 is 5.91 Å². The second-order valence-electron chi connectivity index (χ2n) is 7.53. The summed E-state index contributed by atoms with van der Waals surface area (Å²) >= 11 is 0. The molecule has 2 aromatic heterocycles. The van der Waals surface area contributed by atoms with Crippen molar-refractivity contribution < 1.29 is 9.53 Å². The van der Waals surface area contributed by atoms with Gasteiger partial charge in [0.05, 0.1) is 35.3 Å². The van der Waals surface area contributed by atoms with Crippen LogP contribution in [0.3, 0.4) is 0 Å². The van der Waals surface area contributed by atoms with Crippen LogP contribution in [0, 0.1) is 0 Å². The Labute approximate surface area is 180 Å². The largest absolute Gasteiger partial charge is 0.494 e. The Hall–Kier alpha value is -3.93. The van der Waals surface area contributed by atoms with Gasteiger partial charge in [0, 0.05) is 28.5 Å². The Kier molecular flexibility index (Phi) is 4.75. The standard InChI is InChI=1S/C25H22N4O2/c1-2-3-13-31-17-8-6-7-16(14-17)23-19-11-12-29-24(19)22(20(15-27-29)25(26)30)18-9-4-5-10-21(18)28-23/h4-12,14-15H,2-3,13H2,1H3,(H2,26,30). The van der Waals surface area contributed by atoms with Crippen molar-refractivity contribution in [2.24, 2.45) is 10.7 Å². The molecule has 0 radical (unpaired) electrons. The zero-order chi connectivity index (χ0) is 21.4. The molecule has 1 amide bonds. The molecule has 0 bridgehead atoms. The fraction of sp³-hybridized carbons (Fsp3) is 0.160. The minimum absolute atomic E-state index is 0.382. The van der Waals surface area contributed by atoms with Crippen LogP contribution in [0.5, 0.6) is 5.75 Å². The monoisotopic (exact) mass is 410 g/mol. The predicted molar refractivity (Wildman–Crippen MR) is 121 cm³/mol. The summed E-state index contributed by atoms with van der Waals surface area (Å²) in [5.41, 5.74) is 11.9. The first-order chi connectivity index (χ1) is 15.2. The Morgan fingerprint density at radius 2 is 1.97 bits per heavy atom. The van der Waals surface area contributed by atoms with Crippen molar-refractivity contribution in [3.05, 3.63) is 83.7 Å². The fourth-order valence-corrected chi connectivity index (χ4v) is 3.98. The van der Waals surface area contributed by atoms with E-state index in [1.54, 1.807) is 4.52 Å². The van der Waals surface area contributed by atoms with Gasteiger partial charge in [-0.15, -0.1) is 0 Å². The summed E-state index contributed by atoms with van der Waals surface area (Å²) in [6, 6.07) is 17.7. The zero-order valence-corrected chi connectivity index (χ0v) is 17.2. The van der Waals surface area contributed by atoms with Crippen LogP contribution in [0.4, 0.5) is 5.69 Å². The van der Waals surface area contributed by atoms with Gasteiger partial charge >= 0.3 is 0 Å². The number of aliphatic imine (C=N–C) groups is 1. The van der Waals surface area contributed by atoms with E-state index in [1.165, 1.54) is 6.20 Å². The summed E-state index contributed by atoms with van der Waals surface area (Å²) < 4.78 is 7.69. The van der Waals surface area contributed by atoms with E-state index in [0.29, 0.717) is 12.2 Å². The molecule has 6 heteroatoms. The summed E-state index contributed by atoms with van der Waals surface area (Å²) in [4.78, 5) is 17.3. The quantitative estimate of drug-likeness (QED) is 0.410. The van der Waals surface area contributed by atoms with Gasteiger partial charge < -0.3 is 10.5 Å². The van der Waals surface area contributed by atoms with Crippen LogP contribution in [0.2, 0.25) is 0 Å². The molecule has 0 aliphatic carbocycles. The summed E-state index contributed by atoms with van der Waals surface area (Å²) in [6.07, 6.45) is 5.49. The number of carbonyl (C=O) groups excluding carboxylic acids is 1. The number of amides is 1. The molecule has 2 aromatic carbocycles. The van der Waals surface area contributed by atoms with Crippen molar-refractivity contribution in [2.75, 3.05) is 6.61 Å². The van der Waals surface area contributed by atoms with E-state index in [2.05, 4.69) is 12.0 Å². The first-order valence-corrected chi connectivity index (χ1v) is 10.4. The van der Waals surface area contributed by atoms with Gasteiger partial charge in [-0.2, -0.15) is 5.10 Å². The van der Waals surface area contributed by atoms with Crippen molar-refractivity contribution in [3.8, 4) is 16.9 Å². The predicted octanol–water partition coefficient (Wildman–Crippen LogP) is 4.76. The summed E-state index contributed by atoms with van der Waals surface area (Å²) in [6.45, 7) is 2.82. The number of nitrogens with two attached hydrogens (primary N) is 1. The summed E-state index contributed by atoms with van der Waals surface area (Å²) in [7, 11) is 0. The smallest absolute Gasteiger partial charge is 0.251 e. The first-order valence-electron chi connectivity index (χ1n) is 10.4. The topological polar surface area (TPSA) is 82.0 Å². The van der Waals surface area contributed by atoms with Gasteiger partial charge in [-0.1, -0.05) is 43.7 Å². The van der Waals surface area contributed by atoms with Crippen LogP contribution in [0.25, 0.3) is 16.6 Å². The van der Waals surface area contributed by atoms with Crippen molar-refractivity contribution in [2.45, 2.75) is 19.8 Å². The number of ether oxygens (including phenoxy) is 1. The van der Waals surface area contributed by atoms with E-state index in [0.717, 1.165) is 57.8 Å². The lowest BCUT2D eigenvalue weighted by molar-refractivity contribution is 0.100. The number of carbonyl (C=O) groups is 1. The van der Waals surface area contributed by atoms with Gasteiger partial charge in [-0.3, -0.25) is 4.79 Å². The molecule has 1 aliphatic rings. The Bertz CT molecular complexity index is 1340. The molecule has 0 saturated heterocycles. The number of para-hydroxylation sites is 1. The third-order valence-corrected chi connectivity index (χ3v) is 5.48. The van der Waals surface area contributed by atoms with Gasteiger partial charge in [0.15, 0.2) is 0 Å². The molecule has 4 aromatic rings. The molecule has 0 spiro atoms. The van der Waals surface area contributed by atoms with Gasteiger partial charge in [0.2, 0.25) is 0 Å². The van der Waals surface area contributed by atoms with E-state index >= 15 is 0 Å². The molecule has 0 fully saturated rings. The number of unbranched alkanes of at least 4 members (excludes halogenated alkanes) is 1. The van der Waals surface area contributed by atoms with Crippen LogP contribution >= 0.6 is 0 Å². The van der Waals surface area contributed by atoms with Crippen LogP contribution < -0.4 is 10.5 Å². The number of benzene rings is 2. The number of aromatic nitrogens is 2. The average molecular weight is 410 g/mol. The highest BCUT2D eigenvalue weighted by molar-refractivity contribution is 6.22. The van der Waals surface area contributed by atoms with E-state index in [9.17, 15) is 4.79 Å². The number of hydrogen-bond acceptors (Lipinski definition) is 4. The Morgan fingerprint density at radius 1 is 1.10 bits per heavy atom. The Morgan fingerprint density at radius 3 is 2.81 bits per heavy atom. The van der Waals surface area contributed by atoms with Gasteiger partial charge in [-0.05, 0) is 30.7 Å². The average Bonchev–Trinajstić information content (AvgIpc) is 3.15. The number of rotatable bonds is 6. The van der Waals surface area contributed by atoms with Gasteiger partial charge in [0.1, 0.15) is 5.75 Å². The molecule has 31 heavy (non-hydrogen) atoms. The lowest BCUT2D eigenvalue weighted by Crippen LogP contribution is -2.14. The summed E-state index contributed by atoms with van der Waals surface area (Å²) in [5.74, 6) is 0.299. The van der Waals surface area contributed by atoms with Crippen molar-refractivity contribution in [3.63, 3.8) is 0 Å². The molecule has 3 heterocycles. The van der Waals surface area contributed by atoms with E-state index in [-0.39, 0.29) is 0 Å². The number of primary amides is 1. The van der Waals surface area contributed by atoms with Crippen molar-refractivity contribution >= 4 is 22.8 Å². The lowest BCUT2D eigenvalue weighted by Gasteiger charge is -2.10. The molecule has 0 unspecified atom stereocenters. The fourth-order valence-electron chi connectivity index (χ4n) is 3.98. The maximum atomic E-state index is 12.2. The minimum atomic E-state index is -0.512. The van der Waals surface area contributed by atoms with Crippen molar-refractivity contribution in [1.82, 2.24) is 9.61 Å².